The van der Waals surface area contributed by atoms with Crippen molar-refractivity contribution in [3.63, 3.8) is 0 Å². The number of carbonyl (C=O) groups excluding carboxylic acids is 1. The lowest BCUT2D eigenvalue weighted by atomic mass is 10.2. The number of carbonyl (C=O) groups is 1. The predicted molar refractivity (Wildman–Crippen MR) is 123 cm³/mol. The fourth-order valence-corrected chi connectivity index (χ4v) is 5.08. The average molecular weight is 538 g/mol. The van der Waals surface area contributed by atoms with E-state index in [2.05, 4.69) is 42.8 Å². The number of benzene rings is 2. The lowest BCUT2D eigenvalue weighted by molar-refractivity contribution is -0.122. The van der Waals surface area contributed by atoms with E-state index >= 15 is 0 Å². The molecule has 0 aliphatic carbocycles. The third kappa shape index (κ3) is 5.10. The summed E-state index contributed by atoms with van der Waals surface area (Å²) in [6, 6.07) is 9.53. The van der Waals surface area contributed by atoms with Gasteiger partial charge in [0.25, 0.3) is 5.91 Å². The molecule has 148 valence electrons. The topological polar surface area (TPSA) is 41.9 Å². The molecule has 0 saturated carbocycles. The zero-order valence-corrected chi connectivity index (χ0v) is 19.3. The van der Waals surface area contributed by atoms with E-state index in [1.165, 1.54) is 23.9 Å². The van der Waals surface area contributed by atoms with E-state index in [-0.39, 0.29) is 18.3 Å². The highest BCUT2D eigenvalue weighted by atomic mass is 79.9. The summed E-state index contributed by atoms with van der Waals surface area (Å²) in [5, 5.41) is 0.558. The van der Waals surface area contributed by atoms with E-state index in [4.69, 9.17) is 11.2 Å². The van der Waals surface area contributed by atoms with Crippen LogP contribution in [-0.2, 0) is 4.79 Å². The van der Waals surface area contributed by atoms with Crippen LogP contribution in [0.2, 0.25) is 0 Å². The lowest BCUT2D eigenvalue weighted by Crippen LogP contribution is -2.28. The van der Waals surface area contributed by atoms with Crippen LogP contribution in [0.25, 0.3) is 6.08 Å². The number of ether oxygens (including phenoxy) is 1. The highest BCUT2D eigenvalue weighted by Crippen LogP contribution is 2.38. The second kappa shape index (κ2) is 9.61. The van der Waals surface area contributed by atoms with Crippen molar-refractivity contribution in [2.45, 2.75) is 6.92 Å². The maximum atomic E-state index is 13.1. The van der Waals surface area contributed by atoms with Crippen LogP contribution >= 0.6 is 43.6 Å². The van der Waals surface area contributed by atoms with E-state index in [0.29, 0.717) is 28.1 Å². The van der Waals surface area contributed by atoms with Gasteiger partial charge in [-0.2, -0.15) is 0 Å². The quantitative estimate of drug-likeness (QED) is 0.347. The van der Waals surface area contributed by atoms with Gasteiger partial charge in [-0.3, -0.25) is 9.69 Å². The normalized spacial score (nSPS) is 16.5. The Kier molecular flexibility index (Phi) is 7.17. The lowest BCUT2D eigenvalue weighted by Gasteiger charge is -2.12. The van der Waals surface area contributed by atoms with Crippen LogP contribution < -0.4 is 4.74 Å². The van der Waals surface area contributed by atoms with Gasteiger partial charge >= 0.3 is 0 Å². The molecule has 4 nitrogen and oxygen atoms in total. The standard InChI is InChI=1S/C21H15Br2FN2O2S/c1-3-9-28-19-16(22)10-13(11-17(19)23)12-18-20(27)26(4-2)21(29-18)25-15-7-5-14(24)6-8-15/h1,5-8,10-12H,4,9H2,2H3/b18-12+,25-21?. The fraction of sp³-hybridized carbons (Fsp3) is 0.143. The highest BCUT2D eigenvalue weighted by molar-refractivity contribution is 9.11. The van der Waals surface area contributed by atoms with Gasteiger partial charge in [-0.05, 0) is 98.6 Å². The molecule has 1 aliphatic heterocycles. The molecule has 0 bridgehead atoms. The van der Waals surface area contributed by atoms with Gasteiger partial charge in [0.15, 0.2) is 5.17 Å². The van der Waals surface area contributed by atoms with Crippen LogP contribution in [0.3, 0.4) is 0 Å². The second-order valence-corrected chi connectivity index (χ2v) is 8.56. The number of hydrogen-bond acceptors (Lipinski definition) is 4. The molecule has 1 aliphatic rings. The Morgan fingerprint density at radius 1 is 1.28 bits per heavy atom. The summed E-state index contributed by atoms with van der Waals surface area (Å²) >= 11 is 8.22. The number of likely N-dealkylation sites (N-methyl/N-ethyl adjacent to an activating group) is 1. The van der Waals surface area contributed by atoms with Crippen molar-refractivity contribution in [1.29, 1.82) is 0 Å². The summed E-state index contributed by atoms with van der Waals surface area (Å²) in [5.41, 5.74) is 1.40. The van der Waals surface area contributed by atoms with E-state index in [1.54, 1.807) is 23.1 Å². The van der Waals surface area contributed by atoms with Crippen LogP contribution in [0, 0.1) is 18.2 Å². The summed E-state index contributed by atoms with van der Waals surface area (Å²) in [4.78, 5) is 19.4. The molecule has 1 amide bonds. The van der Waals surface area contributed by atoms with Gasteiger partial charge in [-0.1, -0.05) is 5.92 Å². The summed E-state index contributed by atoms with van der Waals surface area (Å²) in [7, 11) is 0. The Bertz CT molecular complexity index is 1020. The van der Waals surface area contributed by atoms with Crippen molar-refractivity contribution in [3.8, 4) is 18.1 Å². The van der Waals surface area contributed by atoms with Gasteiger partial charge in [0.05, 0.1) is 19.5 Å². The first-order valence-electron chi connectivity index (χ1n) is 8.54. The van der Waals surface area contributed by atoms with Crippen LogP contribution in [0.15, 0.2) is 55.2 Å². The molecular weight excluding hydrogens is 523 g/mol. The first-order chi connectivity index (χ1) is 13.9. The van der Waals surface area contributed by atoms with Gasteiger partial charge in [-0.15, -0.1) is 6.42 Å². The third-order valence-corrected chi connectivity index (χ3v) is 6.06. The van der Waals surface area contributed by atoms with E-state index < -0.39 is 0 Å². The molecular formula is C21H15Br2FN2O2S. The predicted octanol–water partition coefficient (Wildman–Crippen LogP) is 5.99. The molecule has 0 N–H and O–H groups in total. The first kappa shape index (κ1) is 21.6. The Morgan fingerprint density at radius 3 is 2.52 bits per heavy atom. The zero-order chi connectivity index (χ0) is 21.0. The average Bonchev–Trinajstić information content (AvgIpc) is 2.97. The van der Waals surface area contributed by atoms with Gasteiger partial charge < -0.3 is 4.74 Å². The van der Waals surface area contributed by atoms with Gasteiger partial charge in [0.2, 0.25) is 0 Å². The minimum absolute atomic E-state index is 0.127. The monoisotopic (exact) mass is 536 g/mol. The van der Waals surface area contributed by atoms with Gasteiger partial charge in [0.1, 0.15) is 18.2 Å². The number of aliphatic imine (C=N–C) groups is 1. The van der Waals surface area contributed by atoms with Crippen molar-refractivity contribution in [2.24, 2.45) is 4.99 Å². The number of halogens is 3. The van der Waals surface area contributed by atoms with Crippen molar-refractivity contribution < 1.29 is 13.9 Å². The van der Waals surface area contributed by atoms with E-state index in [9.17, 15) is 9.18 Å². The molecule has 0 radical (unpaired) electrons. The Morgan fingerprint density at radius 2 is 1.93 bits per heavy atom. The second-order valence-electron chi connectivity index (χ2n) is 5.84. The van der Waals surface area contributed by atoms with Crippen molar-refractivity contribution in [3.05, 3.63) is 61.6 Å². The molecule has 0 spiro atoms. The molecule has 0 unspecified atom stereocenters. The minimum Gasteiger partial charge on any atom is -0.479 e. The molecule has 2 aromatic rings. The highest BCUT2D eigenvalue weighted by Gasteiger charge is 2.32. The SMILES string of the molecule is C#CCOc1c(Br)cc(/C=C2/SC(=Nc3ccc(F)cc3)N(CC)C2=O)cc1Br. The number of terminal acetylenes is 1. The molecule has 29 heavy (non-hydrogen) atoms. The first-order valence-corrected chi connectivity index (χ1v) is 10.9. The Labute approximate surface area is 189 Å². The number of rotatable bonds is 5. The number of amidine groups is 1. The summed E-state index contributed by atoms with van der Waals surface area (Å²) < 4.78 is 20.1. The van der Waals surface area contributed by atoms with Gasteiger partial charge in [-0.25, -0.2) is 9.38 Å². The third-order valence-electron chi connectivity index (χ3n) is 3.87. The van der Waals surface area contributed by atoms with Gasteiger partial charge in [0, 0.05) is 6.54 Å². The molecule has 0 aromatic heterocycles. The Balaban J connectivity index is 1.91. The maximum Gasteiger partial charge on any atom is 0.266 e. The van der Waals surface area contributed by atoms with Crippen molar-refractivity contribution in [1.82, 2.24) is 4.90 Å². The molecule has 2 aromatic carbocycles. The van der Waals surface area contributed by atoms with E-state index in [1.807, 2.05) is 19.1 Å². The molecule has 0 atom stereocenters. The van der Waals surface area contributed by atoms with Crippen LogP contribution in [0.1, 0.15) is 12.5 Å². The number of thioether (sulfide) groups is 1. The number of amides is 1. The maximum absolute atomic E-state index is 13.1. The molecule has 1 heterocycles. The zero-order valence-electron chi connectivity index (χ0n) is 15.3. The largest absolute Gasteiger partial charge is 0.479 e. The van der Waals surface area contributed by atoms with Crippen molar-refractivity contribution >= 4 is 66.5 Å². The number of hydrogen-bond donors (Lipinski definition) is 0. The van der Waals surface area contributed by atoms with E-state index in [0.717, 1.165) is 14.5 Å². The Hall–Kier alpha value is -2.08. The summed E-state index contributed by atoms with van der Waals surface area (Å²) in [5.74, 6) is 2.57. The fourth-order valence-electron chi connectivity index (χ4n) is 2.56. The van der Waals surface area contributed by atoms with Crippen LogP contribution in [-0.4, -0.2) is 29.1 Å². The number of nitrogens with zero attached hydrogens (tertiary/aromatic N) is 2. The van der Waals surface area contributed by atoms with Crippen LogP contribution in [0.4, 0.5) is 10.1 Å². The molecule has 3 rings (SSSR count). The molecule has 8 heteroatoms. The minimum atomic E-state index is -0.331. The van der Waals surface area contributed by atoms with Crippen molar-refractivity contribution in [2.75, 3.05) is 13.2 Å². The summed E-state index contributed by atoms with van der Waals surface area (Å²) in [6.45, 7) is 2.52. The molecule has 1 saturated heterocycles. The molecule has 1 fully saturated rings. The van der Waals surface area contributed by atoms with Crippen LogP contribution in [0.5, 0.6) is 5.75 Å². The smallest absolute Gasteiger partial charge is 0.266 e. The summed E-state index contributed by atoms with van der Waals surface area (Å²) in [6.07, 6.45) is 7.04.